The van der Waals surface area contributed by atoms with E-state index in [0.717, 1.165) is 0 Å². The summed E-state index contributed by atoms with van der Waals surface area (Å²) in [6.45, 7) is 1.88. The van der Waals surface area contributed by atoms with Crippen LogP contribution in [0.3, 0.4) is 0 Å². The highest BCUT2D eigenvalue weighted by atomic mass is 79.9. The molecule has 0 unspecified atom stereocenters. The molecular formula is C11H12BrFO3. The predicted molar refractivity (Wildman–Crippen MR) is 61.5 cm³/mol. The van der Waals surface area contributed by atoms with Gasteiger partial charge in [-0.05, 0) is 19.1 Å². The number of rotatable bonds is 4. The number of halogens is 2. The lowest BCUT2D eigenvalue weighted by atomic mass is 10.1. The van der Waals surface area contributed by atoms with Gasteiger partial charge >= 0.3 is 5.97 Å². The van der Waals surface area contributed by atoms with E-state index in [0.29, 0.717) is 16.6 Å². The number of esters is 1. The molecule has 0 N–H and O–H groups in total. The van der Waals surface area contributed by atoms with Gasteiger partial charge in [-0.3, -0.25) is 0 Å². The molecule has 0 radical (unpaired) electrons. The maximum Gasteiger partial charge on any atom is 0.341 e. The summed E-state index contributed by atoms with van der Waals surface area (Å²) < 4.78 is 23.5. The molecule has 0 aliphatic carbocycles. The lowest BCUT2D eigenvalue weighted by Gasteiger charge is -2.09. The third-order valence-electron chi connectivity index (χ3n) is 2.00. The first-order valence-electron chi connectivity index (χ1n) is 4.73. The third kappa shape index (κ3) is 2.72. The van der Waals surface area contributed by atoms with Crippen molar-refractivity contribution in [2.24, 2.45) is 0 Å². The van der Waals surface area contributed by atoms with Crippen molar-refractivity contribution in [1.82, 2.24) is 0 Å². The largest absolute Gasteiger partial charge is 0.497 e. The fourth-order valence-corrected chi connectivity index (χ4v) is 1.64. The molecule has 3 nitrogen and oxygen atoms in total. The number of benzene rings is 1. The molecule has 0 spiro atoms. The zero-order valence-corrected chi connectivity index (χ0v) is 10.6. The highest BCUT2D eigenvalue weighted by molar-refractivity contribution is 9.08. The van der Waals surface area contributed by atoms with E-state index in [1.54, 1.807) is 6.92 Å². The second-order valence-electron chi connectivity index (χ2n) is 3.00. The zero-order chi connectivity index (χ0) is 12.1. The Morgan fingerprint density at radius 3 is 2.69 bits per heavy atom. The van der Waals surface area contributed by atoms with Gasteiger partial charge in [0.15, 0.2) is 0 Å². The fraction of sp³-hybridized carbons (Fsp3) is 0.364. The number of carbonyl (C=O) groups excluding carboxylic acids is 1. The van der Waals surface area contributed by atoms with Crippen molar-refractivity contribution >= 4 is 21.9 Å². The minimum atomic E-state index is -0.680. The Balaban J connectivity index is 3.20. The van der Waals surface area contributed by atoms with Crippen LogP contribution in [-0.4, -0.2) is 19.7 Å². The van der Waals surface area contributed by atoms with Crippen LogP contribution < -0.4 is 4.74 Å². The number of alkyl halides is 1. The molecule has 0 amide bonds. The van der Waals surface area contributed by atoms with Crippen molar-refractivity contribution in [1.29, 1.82) is 0 Å². The molecule has 0 heterocycles. The van der Waals surface area contributed by atoms with Crippen LogP contribution in [0.4, 0.5) is 4.39 Å². The molecule has 0 atom stereocenters. The molecule has 0 bridgehead atoms. The number of hydrogen-bond acceptors (Lipinski definition) is 3. The minimum Gasteiger partial charge on any atom is -0.497 e. The first-order valence-corrected chi connectivity index (χ1v) is 5.85. The standard InChI is InChI=1S/C11H12BrFO3/c1-3-16-11(14)9-5-8(15-2)4-7(6-12)10(9)13/h4-5H,3,6H2,1-2H3. The van der Waals surface area contributed by atoms with Crippen molar-refractivity contribution < 1.29 is 18.7 Å². The van der Waals surface area contributed by atoms with Crippen LogP contribution in [0.15, 0.2) is 12.1 Å². The predicted octanol–water partition coefficient (Wildman–Crippen LogP) is 2.91. The van der Waals surface area contributed by atoms with E-state index in [1.165, 1.54) is 19.2 Å². The maximum atomic E-state index is 13.8. The topological polar surface area (TPSA) is 35.5 Å². The molecule has 1 aromatic carbocycles. The Labute approximate surface area is 102 Å². The van der Waals surface area contributed by atoms with Gasteiger partial charge in [-0.1, -0.05) is 15.9 Å². The van der Waals surface area contributed by atoms with E-state index < -0.39 is 11.8 Å². The minimum absolute atomic E-state index is 0.101. The molecule has 0 saturated carbocycles. The average Bonchev–Trinajstić information content (AvgIpc) is 2.29. The zero-order valence-electron chi connectivity index (χ0n) is 9.05. The van der Waals surface area contributed by atoms with Crippen LogP contribution in [0.2, 0.25) is 0 Å². The second kappa shape index (κ2) is 5.84. The molecule has 0 aliphatic heterocycles. The molecule has 16 heavy (non-hydrogen) atoms. The molecule has 1 aromatic rings. The first kappa shape index (κ1) is 13.0. The summed E-state index contributed by atoms with van der Waals surface area (Å²) in [5.41, 5.74) is 0.262. The van der Waals surface area contributed by atoms with Gasteiger partial charge in [0, 0.05) is 10.9 Å². The van der Waals surface area contributed by atoms with Gasteiger partial charge in [-0.25, -0.2) is 9.18 Å². The van der Waals surface area contributed by atoms with E-state index >= 15 is 0 Å². The van der Waals surface area contributed by atoms with Crippen LogP contribution in [0.25, 0.3) is 0 Å². The number of hydrogen-bond donors (Lipinski definition) is 0. The highest BCUT2D eigenvalue weighted by Gasteiger charge is 2.17. The summed E-state index contributed by atoms with van der Waals surface area (Å²) in [5, 5.41) is 0.308. The smallest absolute Gasteiger partial charge is 0.341 e. The highest BCUT2D eigenvalue weighted by Crippen LogP contribution is 2.23. The molecule has 0 aliphatic rings. The average molecular weight is 291 g/mol. The first-order chi connectivity index (χ1) is 7.63. The quantitative estimate of drug-likeness (QED) is 0.632. The Kier molecular flexibility index (Phi) is 4.73. The summed E-state index contributed by atoms with van der Waals surface area (Å²) in [7, 11) is 1.46. The SMILES string of the molecule is CCOC(=O)c1cc(OC)cc(CBr)c1F. The van der Waals surface area contributed by atoms with E-state index in [9.17, 15) is 9.18 Å². The Morgan fingerprint density at radius 1 is 1.50 bits per heavy atom. The van der Waals surface area contributed by atoms with Gasteiger partial charge < -0.3 is 9.47 Å². The third-order valence-corrected chi connectivity index (χ3v) is 2.60. The lowest BCUT2D eigenvalue weighted by molar-refractivity contribution is 0.0520. The molecule has 0 saturated heterocycles. The molecule has 88 valence electrons. The van der Waals surface area contributed by atoms with E-state index in [1.807, 2.05) is 0 Å². The van der Waals surface area contributed by atoms with Crippen LogP contribution >= 0.6 is 15.9 Å². The van der Waals surface area contributed by atoms with Crippen LogP contribution in [-0.2, 0) is 10.1 Å². The van der Waals surface area contributed by atoms with E-state index in [2.05, 4.69) is 15.9 Å². The van der Waals surface area contributed by atoms with Crippen molar-refractivity contribution in [3.05, 3.63) is 29.1 Å². The molecular weight excluding hydrogens is 279 g/mol. The van der Waals surface area contributed by atoms with Crippen LogP contribution in [0.5, 0.6) is 5.75 Å². The summed E-state index contributed by atoms with van der Waals surface area (Å²) in [5.74, 6) is -0.823. The van der Waals surface area contributed by atoms with Crippen molar-refractivity contribution in [2.45, 2.75) is 12.3 Å². The number of methoxy groups -OCH3 is 1. The second-order valence-corrected chi connectivity index (χ2v) is 3.56. The van der Waals surface area contributed by atoms with Crippen LogP contribution in [0, 0.1) is 5.82 Å². The molecule has 0 aromatic heterocycles. The normalized spacial score (nSPS) is 10.0. The van der Waals surface area contributed by atoms with Crippen LogP contribution in [0.1, 0.15) is 22.8 Å². The Bertz CT molecular complexity index is 393. The monoisotopic (exact) mass is 290 g/mol. The Hall–Kier alpha value is -1.10. The molecule has 5 heteroatoms. The van der Waals surface area contributed by atoms with Gasteiger partial charge in [0.05, 0.1) is 19.3 Å². The summed E-state index contributed by atoms with van der Waals surface area (Å²) in [4.78, 5) is 11.5. The molecule has 0 fully saturated rings. The van der Waals surface area contributed by atoms with Crippen molar-refractivity contribution in [2.75, 3.05) is 13.7 Å². The van der Waals surface area contributed by atoms with Gasteiger partial charge in [0.25, 0.3) is 0 Å². The fourth-order valence-electron chi connectivity index (χ4n) is 1.23. The summed E-state index contributed by atoms with van der Waals surface area (Å²) >= 11 is 3.15. The van der Waals surface area contributed by atoms with Crippen molar-refractivity contribution in [3.63, 3.8) is 0 Å². The lowest BCUT2D eigenvalue weighted by Crippen LogP contribution is -2.09. The Morgan fingerprint density at radius 2 is 2.19 bits per heavy atom. The maximum absolute atomic E-state index is 13.8. The van der Waals surface area contributed by atoms with Gasteiger partial charge in [0.2, 0.25) is 0 Å². The summed E-state index contributed by atoms with van der Waals surface area (Å²) in [6, 6.07) is 2.87. The van der Waals surface area contributed by atoms with Crippen molar-refractivity contribution in [3.8, 4) is 5.75 Å². The van der Waals surface area contributed by atoms with Gasteiger partial charge in [-0.15, -0.1) is 0 Å². The molecule has 1 rings (SSSR count). The van der Waals surface area contributed by atoms with E-state index in [-0.39, 0.29) is 12.2 Å². The van der Waals surface area contributed by atoms with Gasteiger partial charge in [-0.2, -0.15) is 0 Å². The number of carbonyl (C=O) groups is 1. The number of ether oxygens (including phenoxy) is 2. The summed E-state index contributed by atoms with van der Waals surface area (Å²) in [6.07, 6.45) is 0. The van der Waals surface area contributed by atoms with Gasteiger partial charge in [0.1, 0.15) is 11.6 Å². The van der Waals surface area contributed by atoms with E-state index in [4.69, 9.17) is 9.47 Å².